The summed E-state index contributed by atoms with van der Waals surface area (Å²) in [6.45, 7) is 3.61. The summed E-state index contributed by atoms with van der Waals surface area (Å²) in [5, 5.41) is 5.57. The fourth-order valence-corrected chi connectivity index (χ4v) is 2.22. The topological polar surface area (TPSA) is 50.4 Å². The van der Waals surface area contributed by atoms with Crippen LogP contribution in [0.25, 0.3) is 0 Å². The van der Waals surface area contributed by atoms with Gasteiger partial charge >= 0.3 is 6.03 Å². The number of benzene rings is 2. The van der Waals surface area contributed by atoms with Gasteiger partial charge in [-0.25, -0.2) is 9.18 Å². The predicted octanol–water partition coefficient (Wildman–Crippen LogP) is 3.66. The molecule has 0 unspecified atom stereocenters. The van der Waals surface area contributed by atoms with Crippen LogP contribution < -0.4 is 15.4 Å². The Balaban J connectivity index is 1.71. The molecule has 0 spiro atoms. The number of nitrogens with one attached hydrogen (secondary N) is 2. The molecule has 0 aliphatic rings. The number of amides is 2. The first-order valence-electron chi connectivity index (χ1n) is 8.15. The lowest BCUT2D eigenvalue weighted by Gasteiger charge is -2.09. The van der Waals surface area contributed by atoms with E-state index in [9.17, 15) is 9.18 Å². The zero-order chi connectivity index (χ0) is 17.2. The first-order chi connectivity index (χ1) is 11.7. The molecule has 24 heavy (non-hydrogen) atoms. The Morgan fingerprint density at radius 3 is 2.67 bits per heavy atom. The van der Waals surface area contributed by atoms with Crippen LogP contribution in [0.4, 0.5) is 9.18 Å². The maximum atomic E-state index is 13.1. The smallest absolute Gasteiger partial charge is 0.315 e. The highest BCUT2D eigenvalue weighted by molar-refractivity contribution is 5.73. The average Bonchev–Trinajstić information content (AvgIpc) is 2.59. The van der Waals surface area contributed by atoms with E-state index >= 15 is 0 Å². The van der Waals surface area contributed by atoms with E-state index in [1.807, 2.05) is 30.3 Å². The summed E-state index contributed by atoms with van der Waals surface area (Å²) in [6, 6.07) is 13.8. The number of carbonyl (C=O) groups excluding carboxylic acids is 1. The lowest BCUT2D eigenvalue weighted by atomic mass is 10.1. The van der Waals surface area contributed by atoms with Gasteiger partial charge in [-0.3, -0.25) is 0 Å². The van der Waals surface area contributed by atoms with E-state index in [1.54, 1.807) is 6.07 Å². The van der Waals surface area contributed by atoms with Crippen LogP contribution in [0.3, 0.4) is 0 Å². The van der Waals surface area contributed by atoms with Crippen LogP contribution in [-0.4, -0.2) is 19.2 Å². The highest BCUT2D eigenvalue weighted by Gasteiger charge is 2.02. The molecule has 0 aromatic heterocycles. The van der Waals surface area contributed by atoms with Gasteiger partial charge in [0.25, 0.3) is 0 Å². The van der Waals surface area contributed by atoms with Crippen molar-refractivity contribution >= 4 is 6.03 Å². The van der Waals surface area contributed by atoms with E-state index in [0.717, 1.165) is 23.3 Å². The third-order valence-electron chi connectivity index (χ3n) is 3.41. The molecule has 2 aromatic rings. The van der Waals surface area contributed by atoms with Crippen LogP contribution in [0.15, 0.2) is 48.5 Å². The lowest BCUT2D eigenvalue weighted by molar-refractivity contribution is 0.240. The highest BCUT2D eigenvalue weighted by Crippen LogP contribution is 2.13. The van der Waals surface area contributed by atoms with Crippen molar-refractivity contribution in [2.24, 2.45) is 0 Å². The molecule has 0 bridgehead atoms. The molecule has 5 heteroatoms. The first-order valence-corrected chi connectivity index (χ1v) is 8.15. The van der Waals surface area contributed by atoms with Crippen LogP contribution in [0.5, 0.6) is 5.75 Å². The number of carbonyl (C=O) groups is 1. The molecular weight excluding hydrogens is 307 g/mol. The summed E-state index contributed by atoms with van der Waals surface area (Å²) >= 11 is 0. The molecule has 2 aromatic carbocycles. The van der Waals surface area contributed by atoms with E-state index in [1.165, 1.54) is 12.1 Å². The minimum Gasteiger partial charge on any atom is -0.494 e. The van der Waals surface area contributed by atoms with Gasteiger partial charge in [-0.2, -0.15) is 0 Å². The fraction of sp³-hybridized carbons (Fsp3) is 0.316. The van der Waals surface area contributed by atoms with E-state index < -0.39 is 0 Å². The SMILES string of the molecule is CCCOc1cccc(CNC(=O)NCCc2cccc(F)c2)c1. The maximum absolute atomic E-state index is 13.1. The van der Waals surface area contributed by atoms with Crippen molar-refractivity contribution in [1.29, 1.82) is 0 Å². The minimum atomic E-state index is -0.262. The Kier molecular flexibility index (Phi) is 7.08. The van der Waals surface area contributed by atoms with Crippen molar-refractivity contribution in [3.8, 4) is 5.75 Å². The number of halogens is 1. The summed E-state index contributed by atoms with van der Waals surface area (Å²) in [5.74, 6) is 0.546. The molecule has 0 radical (unpaired) electrons. The van der Waals surface area contributed by atoms with Crippen molar-refractivity contribution < 1.29 is 13.9 Å². The zero-order valence-corrected chi connectivity index (χ0v) is 13.8. The maximum Gasteiger partial charge on any atom is 0.315 e. The normalized spacial score (nSPS) is 10.2. The lowest BCUT2D eigenvalue weighted by Crippen LogP contribution is -2.36. The molecule has 2 N–H and O–H groups in total. The minimum absolute atomic E-state index is 0.244. The monoisotopic (exact) mass is 330 g/mol. The Morgan fingerprint density at radius 1 is 1.08 bits per heavy atom. The summed E-state index contributed by atoms with van der Waals surface area (Å²) in [6.07, 6.45) is 1.54. The van der Waals surface area contributed by atoms with Gasteiger partial charge in [0, 0.05) is 13.1 Å². The number of hydrogen-bond acceptors (Lipinski definition) is 2. The molecule has 2 rings (SSSR count). The van der Waals surface area contributed by atoms with E-state index in [0.29, 0.717) is 26.1 Å². The van der Waals surface area contributed by atoms with Gasteiger partial charge in [0.1, 0.15) is 11.6 Å². The van der Waals surface area contributed by atoms with Gasteiger partial charge in [-0.1, -0.05) is 31.2 Å². The Labute approximate surface area is 142 Å². The van der Waals surface area contributed by atoms with Crippen LogP contribution in [0.2, 0.25) is 0 Å². The first kappa shape index (κ1) is 17.8. The number of rotatable bonds is 8. The van der Waals surface area contributed by atoms with Crippen LogP contribution in [0, 0.1) is 5.82 Å². The van der Waals surface area contributed by atoms with E-state index in [-0.39, 0.29) is 11.8 Å². The molecule has 0 heterocycles. The summed E-state index contributed by atoms with van der Waals surface area (Å²) in [4.78, 5) is 11.8. The van der Waals surface area contributed by atoms with Gasteiger partial charge in [-0.15, -0.1) is 0 Å². The second kappa shape index (κ2) is 9.55. The van der Waals surface area contributed by atoms with Crippen LogP contribution in [-0.2, 0) is 13.0 Å². The predicted molar refractivity (Wildman–Crippen MR) is 92.6 cm³/mol. The highest BCUT2D eigenvalue weighted by atomic mass is 19.1. The largest absolute Gasteiger partial charge is 0.494 e. The average molecular weight is 330 g/mol. The summed E-state index contributed by atoms with van der Waals surface area (Å²) in [7, 11) is 0. The molecule has 2 amide bonds. The standard InChI is InChI=1S/C19H23FN2O2/c1-2-11-24-18-8-4-6-16(13-18)14-22-19(23)21-10-9-15-5-3-7-17(20)12-15/h3-8,12-13H,2,9-11,14H2,1H3,(H2,21,22,23). The van der Waals surface area contributed by atoms with Crippen molar-refractivity contribution in [3.63, 3.8) is 0 Å². The molecule has 0 aliphatic carbocycles. The third-order valence-corrected chi connectivity index (χ3v) is 3.41. The van der Waals surface area contributed by atoms with Crippen molar-refractivity contribution in [1.82, 2.24) is 10.6 Å². The second-order valence-corrected chi connectivity index (χ2v) is 5.49. The Hall–Kier alpha value is -2.56. The van der Waals surface area contributed by atoms with Crippen LogP contribution in [0.1, 0.15) is 24.5 Å². The zero-order valence-electron chi connectivity index (χ0n) is 13.8. The molecular formula is C19H23FN2O2. The summed E-state index contributed by atoms with van der Waals surface area (Å²) < 4.78 is 18.6. The van der Waals surface area contributed by atoms with Gasteiger partial charge in [-0.05, 0) is 48.2 Å². The Morgan fingerprint density at radius 2 is 1.88 bits per heavy atom. The molecule has 0 fully saturated rings. The van der Waals surface area contributed by atoms with Crippen molar-refractivity contribution in [3.05, 3.63) is 65.5 Å². The molecule has 0 atom stereocenters. The molecule has 0 saturated heterocycles. The summed E-state index contributed by atoms with van der Waals surface area (Å²) in [5.41, 5.74) is 1.83. The molecule has 128 valence electrons. The van der Waals surface area contributed by atoms with Crippen molar-refractivity contribution in [2.45, 2.75) is 26.3 Å². The molecule has 0 saturated carbocycles. The van der Waals surface area contributed by atoms with Gasteiger partial charge < -0.3 is 15.4 Å². The number of ether oxygens (including phenoxy) is 1. The molecule has 4 nitrogen and oxygen atoms in total. The number of hydrogen-bond donors (Lipinski definition) is 2. The third kappa shape index (κ3) is 6.28. The fourth-order valence-electron chi connectivity index (χ4n) is 2.22. The number of urea groups is 1. The van der Waals surface area contributed by atoms with E-state index in [2.05, 4.69) is 17.6 Å². The van der Waals surface area contributed by atoms with Gasteiger partial charge in [0.2, 0.25) is 0 Å². The van der Waals surface area contributed by atoms with Gasteiger partial charge in [0.15, 0.2) is 0 Å². The Bertz CT molecular complexity index is 661. The molecule has 0 aliphatic heterocycles. The van der Waals surface area contributed by atoms with E-state index in [4.69, 9.17) is 4.74 Å². The quantitative estimate of drug-likeness (QED) is 0.776. The van der Waals surface area contributed by atoms with Crippen molar-refractivity contribution in [2.75, 3.05) is 13.2 Å². The van der Waals surface area contributed by atoms with Gasteiger partial charge in [0.05, 0.1) is 6.61 Å². The van der Waals surface area contributed by atoms with Crippen LogP contribution >= 0.6 is 0 Å². The second-order valence-electron chi connectivity index (χ2n) is 5.49.